The van der Waals surface area contributed by atoms with Gasteiger partial charge >= 0.3 is 0 Å². The third-order valence-corrected chi connectivity index (χ3v) is 5.76. The second kappa shape index (κ2) is 6.99. The molecule has 1 unspecified atom stereocenters. The van der Waals surface area contributed by atoms with E-state index in [9.17, 15) is 9.59 Å². The second-order valence-electron chi connectivity index (χ2n) is 7.68. The molecular weight excluding hydrogens is 374 g/mol. The summed E-state index contributed by atoms with van der Waals surface area (Å²) in [6.45, 7) is 4.09. The number of fused-ring (bicyclic) bond motifs is 2. The Morgan fingerprint density at radius 3 is 2.43 bits per heavy atom. The van der Waals surface area contributed by atoms with Gasteiger partial charge in [0.1, 0.15) is 5.58 Å². The number of anilines is 1. The fourth-order valence-electron chi connectivity index (χ4n) is 4.21. The Hall–Kier alpha value is -3.66. The van der Waals surface area contributed by atoms with E-state index in [4.69, 9.17) is 4.42 Å². The van der Waals surface area contributed by atoms with Gasteiger partial charge in [-0.2, -0.15) is 0 Å². The van der Waals surface area contributed by atoms with Gasteiger partial charge in [-0.3, -0.25) is 14.5 Å². The van der Waals surface area contributed by atoms with Crippen LogP contribution in [-0.4, -0.2) is 5.91 Å². The normalized spacial score (nSPS) is 15.6. The molecule has 1 aromatic heterocycles. The highest BCUT2D eigenvalue weighted by molar-refractivity contribution is 6.10. The van der Waals surface area contributed by atoms with E-state index in [-0.39, 0.29) is 17.1 Å². The maximum Gasteiger partial charge on any atom is 0.295 e. The molecule has 1 aliphatic rings. The summed E-state index contributed by atoms with van der Waals surface area (Å²) >= 11 is 0. The number of hydrogen-bond acceptors (Lipinski definition) is 3. The van der Waals surface area contributed by atoms with Crippen molar-refractivity contribution in [3.05, 3.63) is 111 Å². The largest absolute Gasteiger partial charge is 0.450 e. The molecule has 1 aliphatic heterocycles. The molecule has 1 amide bonds. The molecule has 0 spiro atoms. The van der Waals surface area contributed by atoms with Crippen LogP contribution < -0.4 is 10.3 Å². The van der Waals surface area contributed by atoms with Crippen molar-refractivity contribution in [2.75, 3.05) is 4.90 Å². The average Bonchev–Trinajstić information content (AvgIpc) is 3.06. The van der Waals surface area contributed by atoms with E-state index in [1.807, 2.05) is 49.4 Å². The minimum Gasteiger partial charge on any atom is -0.450 e. The van der Waals surface area contributed by atoms with E-state index in [2.05, 4.69) is 19.1 Å². The number of para-hydroxylation sites is 1. The quantitative estimate of drug-likeness (QED) is 0.466. The molecule has 0 radical (unpaired) electrons. The molecule has 0 bridgehead atoms. The maximum absolute atomic E-state index is 13.5. The number of hydrogen-bond donors (Lipinski definition) is 0. The lowest BCUT2D eigenvalue weighted by Crippen LogP contribution is -2.29. The Balaban J connectivity index is 1.80. The van der Waals surface area contributed by atoms with Crippen LogP contribution in [0.5, 0.6) is 0 Å². The van der Waals surface area contributed by atoms with Crippen LogP contribution in [0.3, 0.4) is 0 Å². The zero-order chi connectivity index (χ0) is 20.8. The van der Waals surface area contributed by atoms with E-state index in [1.165, 1.54) is 5.56 Å². The molecule has 30 heavy (non-hydrogen) atoms. The molecule has 0 saturated heterocycles. The van der Waals surface area contributed by atoms with Crippen molar-refractivity contribution in [1.29, 1.82) is 0 Å². The second-order valence-corrected chi connectivity index (χ2v) is 7.68. The van der Waals surface area contributed by atoms with Crippen molar-refractivity contribution < 1.29 is 9.21 Å². The Bertz CT molecular complexity index is 1330. The van der Waals surface area contributed by atoms with E-state index >= 15 is 0 Å². The van der Waals surface area contributed by atoms with Gasteiger partial charge < -0.3 is 4.42 Å². The van der Waals surface area contributed by atoms with Gasteiger partial charge in [0.15, 0.2) is 5.43 Å². The standard InChI is InChI=1S/C26H21NO3/c1-3-17-11-13-18(14-12-17)23-22-24(28)20-9-4-5-10-21(20)30-25(22)26(29)27(23)19-8-6-7-16(2)15-19/h4-15,23H,3H2,1-2H3. The van der Waals surface area contributed by atoms with Crippen LogP contribution in [0.4, 0.5) is 5.69 Å². The van der Waals surface area contributed by atoms with E-state index in [0.717, 1.165) is 23.2 Å². The van der Waals surface area contributed by atoms with Crippen LogP contribution in [-0.2, 0) is 6.42 Å². The lowest BCUT2D eigenvalue weighted by atomic mass is 9.97. The monoisotopic (exact) mass is 395 g/mol. The van der Waals surface area contributed by atoms with Gasteiger partial charge in [0.25, 0.3) is 5.91 Å². The average molecular weight is 395 g/mol. The van der Waals surface area contributed by atoms with Crippen molar-refractivity contribution in [1.82, 2.24) is 0 Å². The number of rotatable bonds is 3. The molecule has 2 heterocycles. The maximum atomic E-state index is 13.5. The number of carbonyl (C=O) groups is 1. The molecule has 1 atom stereocenters. The minimum absolute atomic E-state index is 0.129. The summed E-state index contributed by atoms with van der Waals surface area (Å²) < 4.78 is 5.98. The van der Waals surface area contributed by atoms with Crippen LogP contribution in [0.25, 0.3) is 11.0 Å². The Morgan fingerprint density at radius 1 is 0.933 bits per heavy atom. The van der Waals surface area contributed by atoms with Crippen molar-refractivity contribution in [3.63, 3.8) is 0 Å². The number of nitrogens with zero attached hydrogens (tertiary/aromatic N) is 1. The molecule has 0 saturated carbocycles. The fraction of sp³-hybridized carbons (Fsp3) is 0.154. The van der Waals surface area contributed by atoms with Crippen LogP contribution >= 0.6 is 0 Å². The molecule has 148 valence electrons. The summed E-state index contributed by atoms with van der Waals surface area (Å²) in [6.07, 6.45) is 0.925. The first kappa shape index (κ1) is 18.4. The summed E-state index contributed by atoms with van der Waals surface area (Å²) in [5, 5.41) is 0.491. The van der Waals surface area contributed by atoms with Crippen molar-refractivity contribution in [3.8, 4) is 0 Å². The van der Waals surface area contributed by atoms with Crippen LogP contribution in [0, 0.1) is 6.92 Å². The van der Waals surface area contributed by atoms with Crippen molar-refractivity contribution in [2.24, 2.45) is 0 Å². The zero-order valence-electron chi connectivity index (χ0n) is 16.9. The van der Waals surface area contributed by atoms with Gasteiger partial charge in [0, 0.05) is 5.69 Å². The Labute approximate surface area is 174 Å². The topological polar surface area (TPSA) is 50.5 Å². The lowest BCUT2D eigenvalue weighted by Gasteiger charge is -2.25. The predicted molar refractivity (Wildman–Crippen MR) is 118 cm³/mol. The third kappa shape index (κ3) is 2.76. The SMILES string of the molecule is CCc1ccc(C2c3c(oc4ccccc4c3=O)C(=O)N2c2cccc(C)c2)cc1. The molecule has 4 heteroatoms. The first-order valence-electron chi connectivity index (χ1n) is 10.1. The summed E-state index contributed by atoms with van der Waals surface area (Å²) in [7, 11) is 0. The fourth-order valence-corrected chi connectivity index (χ4v) is 4.21. The Morgan fingerprint density at radius 2 is 1.70 bits per heavy atom. The molecule has 0 fully saturated rings. The van der Waals surface area contributed by atoms with Gasteiger partial charge in [0.2, 0.25) is 5.76 Å². The van der Waals surface area contributed by atoms with Crippen LogP contribution in [0.2, 0.25) is 0 Å². The highest BCUT2D eigenvalue weighted by atomic mass is 16.3. The molecule has 0 aliphatic carbocycles. The smallest absolute Gasteiger partial charge is 0.295 e. The molecule has 4 aromatic rings. The van der Waals surface area contributed by atoms with Crippen LogP contribution in [0.15, 0.2) is 82.0 Å². The minimum atomic E-state index is -0.527. The number of benzene rings is 3. The molecule has 5 rings (SSSR count). The number of amides is 1. The number of carbonyl (C=O) groups excluding carboxylic acids is 1. The summed E-state index contributed by atoms with van der Waals surface area (Å²) in [6, 6.07) is 22.4. The van der Waals surface area contributed by atoms with Crippen molar-refractivity contribution >= 4 is 22.6 Å². The molecule has 3 aromatic carbocycles. The summed E-state index contributed by atoms with van der Waals surface area (Å²) in [5.74, 6) is -0.159. The highest BCUT2D eigenvalue weighted by Gasteiger charge is 2.43. The van der Waals surface area contributed by atoms with Gasteiger partial charge in [-0.15, -0.1) is 0 Å². The first-order valence-corrected chi connectivity index (χ1v) is 10.1. The van der Waals surface area contributed by atoms with Gasteiger partial charge in [0.05, 0.1) is 17.0 Å². The van der Waals surface area contributed by atoms with Gasteiger partial charge in [-0.05, 0) is 54.3 Å². The van der Waals surface area contributed by atoms with Crippen LogP contribution in [0.1, 0.15) is 45.8 Å². The molecule has 4 nitrogen and oxygen atoms in total. The summed E-state index contributed by atoms with van der Waals surface area (Å²) in [5.41, 5.74) is 4.57. The van der Waals surface area contributed by atoms with Gasteiger partial charge in [-0.1, -0.05) is 55.5 Å². The van der Waals surface area contributed by atoms with E-state index in [1.54, 1.807) is 23.1 Å². The van der Waals surface area contributed by atoms with Gasteiger partial charge in [-0.25, -0.2) is 0 Å². The Kier molecular flexibility index (Phi) is 4.28. The molecule has 0 N–H and O–H groups in total. The predicted octanol–water partition coefficient (Wildman–Crippen LogP) is 5.41. The molecular formula is C26H21NO3. The highest BCUT2D eigenvalue weighted by Crippen LogP contribution is 2.41. The van der Waals surface area contributed by atoms with E-state index in [0.29, 0.717) is 16.5 Å². The third-order valence-electron chi connectivity index (χ3n) is 5.76. The zero-order valence-corrected chi connectivity index (χ0v) is 16.9. The first-order chi connectivity index (χ1) is 14.6. The summed E-state index contributed by atoms with van der Waals surface area (Å²) in [4.78, 5) is 28.7. The lowest BCUT2D eigenvalue weighted by molar-refractivity contribution is 0.0971. The van der Waals surface area contributed by atoms with E-state index < -0.39 is 6.04 Å². The number of aryl methyl sites for hydroxylation is 2. The van der Waals surface area contributed by atoms with Crippen molar-refractivity contribution in [2.45, 2.75) is 26.3 Å².